The number of fused-ring (bicyclic) bond motifs is 1. The number of aromatic nitrogens is 1. The summed E-state index contributed by atoms with van der Waals surface area (Å²) in [6, 6.07) is 4.48. The highest BCUT2D eigenvalue weighted by Crippen LogP contribution is 2.41. The average molecular weight is 374 g/mol. The van der Waals surface area contributed by atoms with Crippen molar-refractivity contribution in [2.24, 2.45) is 5.73 Å². The lowest BCUT2D eigenvalue weighted by Crippen LogP contribution is -2.30. The Labute approximate surface area is 154 Å². The molecule has 1 aliphatic heterocycles. The fourth-order valence-corrected chi connectivity index (χ4v) is 2.74. The fourth-order valence-electron chi connectivity index (χ4n) is 2.74. The molecule has 2 aromatic rings. The van der Waals surface area contributed by atoms with Gasteiger partial charge in [-0.3, -0.25) is 9.78 Å². The van der Waals surface area contributed by atoms with E-state index in [0.29, 0.717) is 5.56 Å². The van der Waals surface area contributed by atoms with Gasteiger partial charge >= 0.3 is 5.97 Å². The molecule has 0 aliphatic carbocycles. The highest BCUT2D eigenvalue weighted by Gasteiger charge is 2.39. The Kier molecular flexibility index (Phi) is 5.53. The van der Waals surface area contributed by atoms with Crippen LogP contribution in [0.5, 0.6) is 5.75 Å². The molecule has 0 amide bonds. The summed E-state index contributed by atoms with van der Waals surface area (Å²) < 4.78 is 21.0. The minimum absolute atomic E-state index is 0.0133. The number of aliphatic hydroxyl groups is 1. The van der Waals surface area contributed by atoms with Crippen LogP contribution in [0.25, 0.3) is 0 Å². The van der Waals surface area contributed by atoms with Crippen molar-refractivity contribution in [2.75, 3.05) is 20.3 Å². The van der Waals surface area contributed by atoms with E-state index in [0.717, 1.165) is 6.07 Å². The normalized spacial score (nSPS) is 15.9. The summed E-state index contributed by atoms with van der Waals surface area (Å²) in [4.78, 5) is 29.0. The maximum absolute atomic E-state index is 12.6. The molecule has 9 heteroatoms. The van der Waals surface area contributed by atoms with Crippen LogP contribution in [0.3, 0.4) is 0 Å². The molecule has 2 aromatic heterocycles. The second kappa shape index (κ2) is 8.02. The summed E-state index contributed by atoms with van der Waals surface area (Å²) >= 11 is 0. The van der Waals surface area contributed by atoms with Crippen LogP contribution in [0.1, 0.15) is 23.0 Å². The van der Waals surface area contributed by atoms with E-state index in [2.05, 4.69) is 4.98 Å². The van der Waals surface area contributed by atoms with Crippen LogP contribution in [-0.4, -0.2) is 36.4 Å². The topological polar surface area (TPSA) is 134 Å². The van der Waals surface area contributed by atoms with Crippen LogP contribution in [0.4, 0.5) is 0 Å². The number of pyridine rings is 1. The molecule has 0 aromatic carbocycles. The number of esters is 1. The van der Waals surface area contributed by atoms with E-state index >= 15 is 0 Å². The van der Waals surface area contributed by atoms with E-state index in [-0.39, 0.29) is 41.9 Å². The number of hydrogen-bond acceptors (Lipinski definition) is 9. The Balaban J connectivity index is 2.14. The van der Waals surface area contributed by atoms with Gasteiger partial charge in [-0.1, -0.05) is 6.07 Å². The Morgan fingerprint density at radius 2 is 2.22 bits per heavy atom. The van der Waals surface area contributed by atoms with E-state index in [4.69, 9.17) is 24.4 Å². The van der Waals surface area contributed by atoms with E-state index in [9.17, 15) is 14.7 Å². The summed E-state index contributed by atoms with van der Waals surface area (Å²) in [5.41, 5.74) is 5.94. The third-order valence-electron chi connectivity index (χ3n) is 3.92. The molecule has 0 unspecified atom stereocenters. The lowest BCUT2D eigenvalue weighted by atomic mass is 9.87. The van der Waals surface area contributed by atoms with E-state index in [1.807, 2.05) is 0 Å². The highest BCUT2D eigenvalue weighted by atomic mass is 16.6. The zero-order chi connectivity index (χ0) is 19.4. The minimum Gasteiger partial charge on any atom is -0.460 e. The van der Waals surface area contributed by atoms with Crippen molar-refractivity contribution >= 4 is 5.97 Å². The van der Waals surface area contributed by atoms with E-state index in [1.165, 1.54) is 13.3 Å². The molecule has 0 bridgehead atoms. The third-order valence-corrected chi connectivity index (χ3v) is 3.92. The van der Waals surface area contributed by atoms with Gasteiger partial charge in [0.15, 0.2) is 5.76 Å². The molecule has 0 saturated heterocycles. The number of ether oxygens (including phenoxy) is 3. The predicted molar refractivity (Wildman–Crippen MR) is 91.7 cm³/mol. The van der Waals surface area contributed by atoms with Gasteiger partial charge in [0.2, 0.25) is 17.1 Å². The first-order valence-corrected chi connectivity index (χ1v) is 8.08. The molecule has 0 radical (unpaired) electrons. The summed E-state index contributed by atoms with van der Waals surface area (Å²) in [5, 5.41) is 9.36. The largest absolute Gasteiger partial charge is 0.460 e. The van der Waals surface area contributed by atoms with Crippen molar-refractivity contribution in [3.63, 3.8) is 0 Å². The van der Waals surface area contributed by atoms with Crippen molar-refractivity contribution < 1.29 is 28.5 Å². The molecule has 27 heavy (non-hydrogen) atoms. The summed E-state index contributed by atoms with van der Waals surface area (Å²) in [6.07, 6.45) is 3.08. The van der Waals surface area contributed by atoms with Gasteiger partial charge in [-0.05, 0) is 11.6 Å². The lowest BCUT2D eigenvalue weighted by Gasteiger charge is -2.26. The predicted octanol–water partition coefficient (Wildman–Crippen LogP) is 0.411. The second-order valence-electron chi connectivity index (χ2n) is 5.66. The highest BCUT2D eigenvalue weighted by molar-refractivity contribution is 5.92. The van der Waals surface area contributed by atoms with Crippen LogP contribution in [0.2, 0.25) is 0 Å². The number of nitrogens with two attached hydrogens (primary N) is 1. The quantitative estimate of drug-likeness (QED) is 0.544. The molecule has 0 spiro atoms. The Morgan fingerprint density at radius 1 is 1.41 bits per heavy atom. The number of nitrogens with zero attached hydrogens (tertiary/aromatic N) is 1. The molecule has 1 aliphatic rings. The minimum atomic E-state index is -0.878. The Hall–Kier alpha value is -3.17. The van der Waals surface area contributed by atoms with Gasteiger partial charge in [-0.2, -0.15) is 0 Å². The van der Waals surface area contributed by atoms with Gasteiger partial charge < -0.3 is 29.5 Å². The fraction of sp³-hybridized carbons (Fsp3) is 0.278. The second-order valence-corrected chi connectivity index (χ2v) is 5.66. The van der Waals surface area contributed by atoms with E-state index < -0.39 is 23.9 Å². The Morgan fingerprint density at radius 3 is 2.89 bits per heavy atom. The molecule has 0 saturated carbocycles. The van der Waals surface area contributed by atoms with Crippen molar-refractivity contribution in [1.29, 1.82) is 0 Å². The Bertz CT molecular complexity index is 921. The molecule has 3 N–H and O–H groups in total. The van der Waals surface area contributed by atoms with Crippen LogP contribution >= 0.6 is 0 Å². The van der Waals surface area contributed by atoms with Gasteiger partial charge in [0.05, 0.1) is 12.5 Å². The zero-order valence-electron chi connectivity index (χ0n) is 14.5. The van der Waals surface area contributed by atoms with Gasteiger partial charge in [-0.15, -0.1) is 0 Å². The SMILES string of the molecule is COCCOC(=O)C1=C(N)Oc2c(oc(CO)cc2=O)[C@H]1c1cccnc1. The number of aliphatic hydroxyl groups excluding tert-OH is 1. The van der Waals surface area contributed by atoms with Crippen LogP contribution < -0.4 is 15.9 Å². The molecular formula is C18H18N2O7. The lowest BCUT2D eigenvalue weighted by molar-refractivity contribution is -0.140. The molecule has 3 rings (SSSR count). The molecular weight excluding hydrogens is 356 g/mol. The standard InChI is InChI=1S/C18H18N2O7/c1-24-5-6-25-18(23)14-13(10-3-2-4-20-8-10)16-15(27-17(14)19)12(22)7-11(9-21)26-16/h2-4,7-8,13,21H,5-6,9,19H2,1H3/t13-/m0/s1. The first-order valence-electron chi connectivity index (χ1n) is 8.08. The zero-order valence-corrected chi connectivity index (χ0v) is 14.5. The molecule has 142 valence electrons. The van der Waals surface area contributed by atoms with Crippen molar-refractivity contribution in [3.05, 3.63) is 69.4 Å². The number of carbonyl (C=O) groups is 1. The van der Waals surface area contributed by atoms with Crippen molar-refractivity contribution in [2.45, 2.75) is 12.5 Å². The van der Waals surface area contributed by atoms with Crippen LogP contribution in [0.15, 0.2) is 51.3 Å². The van der Waals surface area contributed by atoms with Gasteiger partial charge in [0.25, 0.3) is 0 Å². The smallest absolute Gasteiger partial charge is 0.340 e. The number of carbonyl (C=O) groups excluding carboxylic acids is 1. The summed E-state index contributed by atoms with van der Waals surface area (Å²) in [6.45, 7) is -0.272. The third kappa shape index (κ3) is 3.69. The number of rotatable bonds is 6. The monoisotopic (exact) mass is 374 g/mol. The summed E-state index contributed by atoms with van der Waals surface area (Å²) in [7, 11) is 1.48. The van der Waals surface area contributed by atoms with Gasteiger partial charge in [-0.25, -0.2) is 4.79 Å². The van der Waals surface area contributed by atoms with Crippen LogP contribution in [0, 0.1) is 0 Å². The van der Waals surface area contributed by atoms with Crippen molar-refractivity contribution in [3.8, 4) is 5.75 Å². The molecule has 3 heterocycles. The molecule has 9 nitrogen and oxygen atoms in total. The maximum Gasteiger partial charge on any atom is 0.340 e. The number of methoxy groups -OCH3 is 1. The first kappa shape index (κ1) is 18.6. The van der Waals surface area contributed by atoms with Gasteiger partial charge in [0.1, 0.15) is 24.5 Å². The maximum atomic E-state index is 12.6. The van der Waals surface area contributed by atoms with Crippen molar-refractivity contribution in [1.82, 2.24) is 4.98 Å². The number of hydrogen-bond donors (Lipinski definition) is 2. The van der Waals surface area contributed by atoms with E-state index in [1.54, 1.807) is 18.3 Å². The van der Waals surface area contributed by atoms with Crippen LogP contribution in [-0.2, 0) is 20.9 Å². The molecule has 1 atom stereocenters. The summed E-state index contributed by atoms with van der Waals surface area (Å²) in [5.74, 6) is -1.94. The average Bonchev–Trinajstić information content (AvgIpc) is 2.68. The van der Waals surface area contributed by atoms with Gasteiger partial charge in [0, 0.05) is 25.6 Å². The molecule has 0 fully saturated rings. The first-order chi connectivity index (χ1) is 13.1.